The highest BCUT2D eigenvalue weighted by Gasteiger charge is 2.23. The molecule has 113 valence electrons. The van der Waals surface area contributed by atoms with Crippen LogP contribution in [0.1, 0.15) is 27.0 Å². The Bertz CT molecular complexity index is 740. The van der Waals surface area contributed by atoms with Crippen LogP contribution in [-0.2, 0) is 4.74 Å². The smallest absolute Gasteiger partial charge is 0.338 e. The molecule has 2 nitrogen and oxygen atoms in total. The fourth-order valence-electron chi connectivity index (χ4n) is 2.68. The van der Waals surface area contributed by atoms with Crippen molar-refractivity contribution in [2.75, 3.05) is 7.11 Å². The third-order valence-corrected chi connectivity index (χ3v) is 3.73. The summed E-state index contributed by atoms with van der Waals surface area (Å²) >= 11 is 0. The lowest BCUT2D eigenvalue weighted by atomic mass is 9.83. The van der Waals surface area contributed by atoms with Gasteiger partial charge in [-0.3, -0.25) is 0 Å². The SMILES string of the molecule is COC(=O)c1ccccc1[C](c1ccccc1)c1ccccc1. The summed E-state index contributed by atoms with van der Waals surface area (Å²) in [5.74, 6) is 0.692. The Morgan fingerprint density at radius 3 is 1.57 bits per heavy atom. The first kappa shape index (κ1) is 15.0. The van der Waals surface area contributed by atoms with Gasteiger partial charge in [0.25, 0.3) is 0 Å². The molecule has 0 aromatic heterocycles. The Balaban J connectivity index is 2.20. The standard InChI is InChI=1S/C21H17O2/c1-23-21(22)19-15-9-8-14-18(19)20(16-10-4-2-5-11-16)17-12-6-3-7-13-17/h2-15H,1H3. The minimum atomic E-state index is -0.329. The van der Waals surface area contributed by atoms with Crippen LogP contribution in [0.5, 0.6) is 0 Å². The van der Waals surface area contributed by atoms with Crippen LogP contribution < -0.4 is 0 Å². The van der Waals surface area contributed by atoms with E-state index in [2.05, 4.69) is 24.3 Å². The number of methoxy groups -OCH3 is 1. The molecule has 0 N–H and O–H groups in total. The fraction of sp³-hybridized carbons (Fsp3) is 0.0476. The molecule has 1 radical (unpaired) electrons. The molecule has 0 heterocycles. The highest BCUT2D eigenvalue weighted by atomic mass is 16.5. The van der Waals surface area contributed by atoms with E-state index in [1.165, 1.54) is 7.11 Å². The number of carbonyl (C=O) groups is 1. The summed E-state index contributed by atoms with van der Waals surface area (Å²) in [6.45, 7) is 0. The second-order valence-corrected chi connectivity index (χ2v) is 5.14. The molecule has 3 aromatic rings. The lowest BCUT2D eigenvalue weighted by Gasteiger charge is -2.20. The summed E-state index contributed by atoms with van der Waals surface area (Å²) in [6.07, 6.45) is 0. The third-order valence-electron chi connectivity index (χ3n) is 3.73. The predicted molar refractivity (Wildman–Crippen MR) is 91.2 cm³/mol. The number of rotatable bonds is 4. The second kappa shape index (κ2) is 6.93. The number of ether oxygens (including phenoxy) is 1. The van der Waals surface area contributed by atoms with Gasteiger partial charge < -0.3 is 4.74 Å². The van der Waals surface area contributed by atoms with Crippen LogP contribution in [0.15, 0.2) is 84.9 Å². The molecule has 3 aromatic carbocycles. The van der Waals surface area contributed by atoms with Gasteiger partial charge in [0.15, 0.2) is 0 Å². The number of hydrogen-bond donors (Lipinski definition) is 0. The van der Waals surface area contributed by atoms with Crippen LogP contribution in [0.3, 0.4) is 0 Å². The predicted octanol–water partition coefficient (Wildman–Crippen LogP) is 4.49. The first-order chi connectivity index (χ1) is 11.3. The largest absolute Gasteiger partial charge is 0.465 e. The molecular weight excluding hydrogens is 284 g/mol. The van der Waals surface area contributed by atoms with Crippen molar-refractivity contribution >= 4 is 5.97 Å². The maximum Gasteiger partial charge on any atom is 0.338 e. The van der Waals surface area contributed by atoms with Crippen molar-refractivity contribution in [1.29, 1.82) is 0 Å². The van der Waals surface area contributed by atoms with Crippen molar-refractivity contribution in [3.8, 4) is 0 Å². The fourth-order valence-corrected chi connectivity index (χ4v) is 2.68. The van der Waals surface area contributed by atoms with Gasteiger partial charge in [0.05, 0.1) is 18.6 Å². The van der Waals surface area contributed by atoms with E-state index in [-0.39, 0.29) is 5.97 Å². The molecule has 23 heavy (non-hydrogen) atoms. The summed E-state index contributed by atoms with van der Waals surface area (Å²) in [6, 6.07) is 27.7. The van der Waals surface area contributed by atoms with Crippen LogP contribution >= 0.6 is 0 Å². The Labute approximate surface area is 136 Å². The molecule has 0 atom stereocenters. The Morgan fingerprint density at radius 2 is 1.09 bits per heavy atom. The maximum absolute atomic E-state index is 12.2. The van der Waals surface area contributed by atoms with Gasteiger partial charge >= 0.3 is 5.97 Å². The molecule has 2 heteroatoms. The van der Waals surface area contributed by atoms with E-state index in [0.29, 0.717) is 5.56 Å². The van der Waals surface area contributed by atoms with Gasteiger partial charge in [0.1, 0.15) is 0 Å². The number of benzene rings is 3. The average Bonchev–Trinajstić information content (AvgIpc) is 2.63. The molecule has 0 amide bonds. The molecule has 0 saturated carbocycles. The summed E-state index contributed by atoms with van der Waals surface area (Å²) in [4.78, 5) is 12.2. The van der Waals surface area contributed by atoms with E-state index in [9.17, 15) is 4.79 Å². The normalized spacial score (nSPS) is 10.5. The van der Waals surface area contributed by atoms with E-state index < -0.39 is 0 Å². The van der Waals surface area contributed by atoms with Crippen LogP contribution in [0.4, 0.5) is 0 Å². The summed E-state index contributed by atoms with van der Waals surface area (Å²) in [7, 11) is 1.41. The van der Waals surface area contributed by atoms with E-state index in [0.717, 1.165) is 22.6 Å². The van der Waals surface area contributed by atoms with Crippen LogP contribution in [0.2, 0.25) is 0 Å². The van der Waals surface area contributed by atoms with Gasteiger partial charge in [0.2, 0.25) is 0 Å². The second-order valence-electron chi connectivity index (χ2n) is 5.14. The molecule has 0 aliphatic rings. The van der Waals surface area contributed by atoms with Gasteiger partial charge in [-0.05, 0) is 22.8 Å². The lowest BCUT2D eigenvalue weighted by molar-refractivity contribution is 0.0600. The highest BCUT2D eigenvalue weighted by molar-refractivity contribution is 5.92. The van der Waals surface area contributed by atoms with Crippen molar-refractivity contribution in [1.82, 2.24) is 0 Å². The zero-order valence-electron chi connectivity index (χ0n) is 12.9. The summed E-state index contributed by atoms with van der Waals surface area (Å²) < 4.78 is 4.95. The lowest BCUT2D eigenvalue weighted by Crippen LogP contribution is -2.12. The Kier molecular flexibility index (Phi) is 4.53. The third kappa shape index (κ3) is 3.16. The van der Waals surface area contributed by atoms with Crippen molar-refractivity contribution in [2.45, 2.75) is 0 Å². The van der Waals surface area contributed by atoms with E-state index in [1.807, 2.05) is 54.6 Å². The Morgan fingerprint density at radius 1 is 0.652 bits per heavy atom. The number of carbonyl (C=O) groups excluding carboxylic acids is 1. The molecule has 0 spiro atoms. The topological polar surface area (TPSA) is 26.3 Å². The quantitative estimate of drug-likeness (QED) is 0.524. The van der Waals surface area contributed by atoms with Gasteiger partial charge in [-0.1, -0.05) is 78.9 Å². The monoisotopic (exact) mass is 301 g/mol. The average molecular weight is 301 g/mol. The molecule has 0 aliphatic carbocycles. The highest BCUT2D eigenvalue weighted by Crippen LogP contribution is 2.33. The number of esters is 1. The molecule has 3 rings (SSSR count). The van der Waals surface area contributed by atoms with Gasteiger partial charge in [0, 0.05) is 0 Å². The molecule has 0 fully saturated rings. The molecule has 0 aliphatic heterocycles. The first-order valence-corrected chi connectivity index (χ1v) is 7.47. The first-order valence-electron chi connectivity index (χ1n) is 7.47. The van der Waals surface area contributed by atoms with Crippen LogP contribution in [0, 0.1) is 5.92 Å². The van der Waals surface area contributed by atoms with E-state index in [4.69, 9.17) is 4.74 Å². The van der Waals surface area contributed by atoms with Crippen molar-refractivity contribution < 1.29 is 9.53 Å². The maximum atomic E-state index is 12.2. The zero-order valence-corrected chi connectivity index (χ0v) is 12.9. The van der Waals surface area contributed by atoms with Crippen LogP contribution in [-0.4, -0.2) is 13.1 Å². The summed E-state index contributed by atoms with van der Waals surface area (Å²) in [5.41, 5.74) is 3.57. The van der Waals surface area contributed by atoms with Crippen molar-refractivity contribution in [3.63, 3.8) is 0 Å². The van der Waals surface area contributed by atoms with Gasteiger partial charge in [-0.2, -0.15) is 0 Å². The molecule has 0 saturated heterocycles. The van der Waals surface area contributed by atoms with Crippen molar-refractivity contribution in [3.05, 3.63) is 113 Å². The molecule has 0 bridgehead atoms. The summed E-state index contributed by atoms with van der Waals surface area (Å²) in [5, 5.41) is 0. The molecule has 0 unspecified atom stereocenters. The van der Waals surface area contributed by atoms with E-state index >= 15 is 0 Å². The van der Waals surface area contributed by atoms with Crippen LogP contribution in [0.25, 0.3) is 0 Å². The minimum absolute atomic E-state index is 0.329. The zero-order chi connectivity index (χ0) is 16.1. The van der Waals surface area contributed by atoms with Gasteiger partial charge in [-0.25, -0.2) is 4.79 Å². The molecular formula is C21H17O2. The number of hydrogen-bond acceptors (Lipinski definition) is 2. The van der Waals surface area contributed by atoms with Crippen molar-refractivity contribution in [2.24, 2.45) is 0 Å². The van der Waals surface area contributed by atoms with E-state index in [1.54, 1.807) is 6.07 Å². The van der Waals surface area contributed by atoms with Gasteiger partial charge in [-0.15, -0.1) is 0 Å². The Hall–Kier alpha value is -2.87. The minimum Gasteiger partial charge on any atom is -0.465 e.